The molecule has 1 fully saturated rings. The normalized spacial score (nSPS) is 24.7. The molecule has 23 heavy (non-hydrogen) atoms. The predicted molar refractivity (Wildman–Crippen MR) is 98.7 cm³/mol. The van der Waals surface area contributed by atoms with E-state index in [1.807, 2.05) is 7.05 Å². The van der Waals surface area contributed by atoms with Crippen LogP contribution in [0, 0.1) is 11.8 Å². The largest absolute Gasteiger partial charge is 0.352 e. The zero-order valence-corrected chi connectivity index (χ0v) is 15.7. The summed E-state index contributed by atoms with van der Waals surface area (Å²) in [5.74, 6) is 1.44. The molecule has 0 aliphatic heterocycles. The summed E-state index contributed by atoms with van der Waals surface area (Å²) in [5, 5.41) is 3.25. The molecule has 1 saturated carbocycles. The number of carbonyl (C=O) groups excluding carboxylic acids is 1. The summed E-state index contributed by atoms with van der Waals surface area (Å²) in [6, 6.07) is 8.91. The van der Waals surface area contributed by atoms with E-state index in [4.69, 9.17) is 0 Å². The maximum Gasteiger partial charge on any atom is 0.234 e. The minimum Gasteiger partial charge on any atom is -0.352 e. The van der Waals surface area contributed by atoms with E-state index in [9.17, 15) is 4.79 Å². The van der Waals surface area contributed by atoms with Crippen LogP contribution in [0.1, 0.15) is 38.7 Å². The Morgan fingerprint density at radius 2 is 1.96 bits per heavy atom. The van der Waals surface area contributed by atoms with Crippen molar-refractivity contribution in [2.24, 2.45) is 11.8 Å². The van der Waals surface area contributed by atoms with E-state index in [1.165, 1.54) is 23.3 Å². The molecule has 0 radical (unpaired) electrons. The fourth-order valence-electron chi connectivity index (χ4n) is 3.38. The molecular formula is C19H30N2OS. The van der Waals surface area contributed by atoms with Gasteiger partial charge in [-0.15, -0.1) is 11.8 Å². The fraction of sp³-hybridized carbons (Fsp3) is 0.632. The minimum atomic E-state index is 0.152. The third-order valence-electron chi connectivity index (χ3n) is 5.08. The Balaban J connectivity index is 1.79. The van der Waals surface area contributed by atoms with E-state index in [1.54, 1.807) is 11.8 Å². The first-order valence-corrected chi connectivity index (χ1v) is 9.83. The van der Waals surface area contributed by atoms with Gasteiger partial charge in [0.2, 0.25) is 5.91 Å². The van der Waals surface area contributed by atoms with Crippen LogP contribution in [0.25, 0.3) is 0 Å². The molecule has 1 aliphatic rings. The Labute approximate surface area is 145 Å². The second kappa shape index (κ2) is 8.74. The average molecular weight is 335 g/mol. The highest BCUT2D eigenvalue weighted by Crippen LogP contribution is 2.29. The molecule has 1 amide bonds. The molecule has 128 valence electrons. The maximum absolute atomic E-state index is 12.3. The van der Waals surface area contributed by atoms with Crippen LogP contribution < -0.4 is 5.32 Å². The molecule has 2 rings (SSSR count). The van der Waals surface area contributed by atoms with Gasteiger partial charge in [-0.05, 0) is 49.3 Å². The zero-order valence-electron chi connectivity index (χ0n) is 14.8. The first kappa shape index (κ1) is 18.3. The number of carbonyl (C=O) groups is 1. The molecule has 1 N–H and O–H groups in total. The van der Waals surface area contributed by atoms with Crippen LogP contribution in [0.5, 0.6) is 0 Å². The lowest BCUT2D eigenvalue weighted by Gasteiger charge is -2.35. The zero-order chi connectivity index (χ0) is 16.8. The Morgan fingerprint density at radius 1 is 1.26 bits per heavy atom. The highest BCUT2D eigenvalue weighted by atomic mass is 32.2. The van der Waals surface area contributed by atoms with Crippen LogP contribution in [-0.2, 0) is 11.3 Å². The van der Waals surface area contributed by atoms with E-state index in [0.717, 1.165) is 13.0 Å². The summed E-state index contributed by atoms with van der Waals surface area (Å²) in [4.78, 5) is 15.7. The molecule has 0 heterocycles. The average Bonchev–Trinajstić information content (AvgIpc) is 2.52. The molecule has 0 spiro atoms. The number of hydrogen-bond acceptors (Lipinski definition) is 3. The highest BCUT2D eigenvalue weighted by Gasteiger charge is 2.28. The second-order valence-corrected chi connectivity index (χ2v) is 7.84. The molecule has 0 bridgehead atoms. The van der Waals surface area contributed by atoms with Crippen molar-refractivity contribution in [3.63, 3.8) is 0 Å². The Bertz CT molecular complexity index is 503. The van der Waals surface area contributed by atoms with Crippen LogP contribution in [0.4, 0.5) is 0 Å². The van der Waals surface area contributed by atoms with E-state index in [0.29, 0.717) is 24.4 Å². The van der Waals surface area contributed by atoms with E-state index in [2.05, 4.69) is 54.6 Å². The van der Waals surface area contributed by atoms with Crippen molar-refractivity contribution in [1.82, 2.24) is 10.2 Å². The van der Waals surface area contributed by atoms with Crippen LogP contribution in [0.3, 0.4) is 0 Å². The summed E-state index contributed by atoms with van der Waals surface area (Å²) in [7, 11) is 2.01. The molecular weight excluding hydrogens is 304 g/mol. The predicted octanol–water partition coefficient (Wildman–Crippen LogP) is 3.78. The fourth-order valence-corrected chi connectivity index (χ4v) is 3.79. The molecule has 4 heteroatoms. The summed E-state index contributed by atoms with van der Waals surface area (Å²) in [5.41, 5.74) is 1.25. The van der Waals surface area contributed by atoms with Crippen molar-refractivity contribution in [2.45, 2.75) is 50.6 Å². The highest BCUT2D eigenvalue weighted by molar-refractivity contribution is 7.98. The van der Waals surface area contributed by atoms with Gasteiger partial charge in [0.1, 0.15) is 0 Å². The molecule has 0 unspecified atom stereocenters. The van der Waals surface area contributed by atoms with Gasteiger partial charge in [-0.3, -0.25) is 9.69 Å². The molecule has 3 atom stereocenters. The van der Waals surface area contributed by atoms with Gasteiger partial charge in [0, 0.05) is 17.5 Å². The van der Waals surface area contributed by atoms with Crippen LogP contribution >= 0.6 is 11.8 Å². The van der Waals surface area contributed by atoms with Crippen molar-refractivity contribution in [2.75, 3.05) is 19.8 Å². The lowest BCUT2D eigenvalue weighted by atomic mass is 9.78. The molecule has 1 aromatic carbocycles. The van der Waals surface area contributed by atoms with Crippen LogP contribution in [0.15, 0.2) is 29.2 Å². The number of benzene rings is 1. The molecule has 3 nitrogen and oxygen atoms in total. The van der Waals surface area contributed by atoms with Crippen molar-refractivity contribution in [3.8, 4) is 0 Å². The number of nitrogens with one attached hydrogen (secondary N) is 1. The SMILES string of the molecule is CSc1ccc(CN(C)CC(=O)N[C@@H]2CCC[C@H](C)[C@H]2C)cc1. The van der Waals surface area contributed by atoms with Gasteiger partial charge in [-0.25, -0.2) is 0 Å². The summed E-state index contributed by atoms with van der Waals surface area (Å²) in [6.07, 6.45) is 5.73. The lowest BCUT2D eigenvalue weighted by Crippen LogP contribution is -2.46. The summed E-state index contributed by atoms with van der Waals surface area (Å²) in [6.45, 7) is 5.83. The number of nitrogens with zero attached hydrogens (tertiary/aromatic N) is 1. The first-order chi connectivity index (χ1) is 11.0. The van der Waals surface area contributed by atoms with Gasteiger partial charge in [0.15, 0.2) is 0 Å². The van der Waals surface area contributed by atoms with Crippen LogP contribution in [-0.4, -0.2) is 36.7 Å². The second-order valence-electron chi connectivity index (χ2n) is 6.96. The van der Waals surface area contributed by atoms with E-state index >= 15 is 0 Å². The smallest absolute Gasteiger partial charge is 0.234 e. The number of likely N-dealkylation sites (N-methyl/N-ethyl adjacent to an activating group) is 1. The summed E-state index contributed by atoms with van der Waals surface area (Å²) < 4.78 is 0. The van der Waals surface area contributed by atoms with Crippen molar-refractivity contribution in [3.05, 3.63) is 29.8 Å². The number of amides is 1. The molecule has 1 aliphatic carbocycles. The number of rotatable bonds is 6. The standard InChI is InChI=1S/C19H30N2OS/c1-14-6-5-7-18(15(14)2)20-19(22)13-21(3)12-16-8-10-17(23-4)11-9-16/h8-11,14-15,18H,5-7,12-13H2,1-4H3,(H,20,22)/t14-,15+,18+/m0/s1. The van der Waals surface area contributed by atoms with E-state index in [-0.39, 0.29) is 5.91 Å². The number of hydrogen-bond donors (Lipinski definition) is 1. The topological polar surface area (TPSA) is 32.3 Å². The van der Waals surface area contributed by atoms with Gasteiger partial charge in [0.25, 0.3) is 0 Å². The first-order valence-electron chi connectivity index (χ1n) is 8.60. The van der Waals surface area contributed by atoms with Crippen LogP contribution in [0.2, 0.25) is 0 Å². The van der Waals surface area contributed by atoms with Crippen molar-refractivity contribution >= 4 is 17.7 Å². The third kappa shape index (κ3) is 5.54. The lowest BCUT2D eigenvalue weighted by molar-refractivity contribution is -0.123. The minimum absolute atomic E-state index is 0.152. The Morgan fingerprint density at radius 3 is 2.61 bits per heavy atom. The quantitative estimate of drug-likeness (QED) is 0.804. The summed E-state index contributed by atoms with van der Waals surface area (Å²) >= 11 is 1.75. The maximum atomic E-state index is 12.3. The van der Waals surface area contributed by atoms with Gasteiger partial charge < -0.3 is 5.32 Å². The number of thioether (sulfide) groups is 1. The molecule has 1 aromatic rings. The van der Waals surface area contributed by atoms with Gasteiger partial charge in [-0.1, -0.05) is 38.8 Å². The monoisotopic (exact) mass is 334 g/mol. The molecule has 0 aromatic heterocycles. The van der Waals surface area contributed by atoms with Crippen molar-refractivity contribution in [1.29, 1.82) is 0 Å². The van der Waals surface area contributed by atoms with Gasteiger partial charge >= 0.3 is 0 Å². The Hall–Kier alpha value is -1.00. The van der Waals surface area contributed by atoms with Gasteiger partial charge in [0.05, 0.1) is 6.54 Å². The van der Waals surface area contributed by atoms with Gasteiger partial charge in [-0.2, -0.15) is 0 Å². The van der Waals surface area contributed by atoms with Crippen molar-refractivity contribution < 1.29 is 4.79 Å². The van der Waals surface area contributed by atoms with E-state index < -0.39 is 0 Å². The molecule has 0 saturated heterocycles. The third-order valence-corrected chi connectivity index (χ3v) is 5.82. The Kier molecular flexibility index (Phi) is 6.97.